The maximum atomic E-state index is 12.9. The summed E-state index contributed by atoms with van der Waals surface area (Å²) >= 11 is 0. The molecular weight excluding hydrogens is 414 g/mol. The number of amides is 2. The van der Waals surface area contributed by atoms with Gasteiger partial charge in [-0.25, -0.2) is 9.97 Å². The largest absolute Gasteiger partial charge is 0.311 e. The zero-order valence-corrected chi connectivity index (χ0v) is 19.1. The van der Waals surface area contributed by atoms with Crippen LogP contribution >= 0.6 is 0 Å². The van der Waals surface area contributed by atoms with Crippen LogP contribution in [0.15, 0.2) is 60.9 Å². The fourth-order valence-corrected chi connectivity index (χ4v) is 3.77. The number of rotatable bonds is 5. The van der Waals surface area contributed by atoms with E-state index in [9.17, 15) is 9.59 Å². The predicted octanol–water partition coefficient (Wildman–Crippen LogP) is 5.21. The highest BCUT2D eigenvalue weighted by Crippen LogP contribution is 2.35. The fourth-order valence-electron chi connectivity index (χ4n) is 3.77. The van der Waals surface area contributed by atoms with Crippen LogP contribution in [0.3, 0.4) is 0 Å². The molecule has 0 aliphatic rings. The van der Waals surface area contributed by atoms with E-state index in [-0.39, 0.29) is 11.8 Å². The zero-order chi connectivity index (χ0) is 23.5. The number of aryl methyl sites for hydroxylation is 2. The van der Waals surface area contributed by atoms with Gasteiger partial charge in [-0.05, 0) is 60.9 Å². The molecule has 7 nitrogen and oxygen atoms in total. The highest BCUT2D eigenvalue weighted by atomic mass is 16.2. The second-order valence-corrected chi connectivity index (χ2v) is 7.85. The maximum Gasteiger partial charge on any atom is 0.228 e. The van der Waals surface area contributed by atoms with Crippen molar-refractivity contribution in [1.29, 1.82) is 0 Å². The molecule has 166 valence electrons. The average Bonchev–Trinajstić information content (AvgIpc) is 2.80. The summed E-state index contributed by atoms with van der Waals surface area (Å²) in [5.41, 5.74) is 6.33. The third kappa shape index (κ3) is 4.57. The fraction of sp³-hybridized carbons (Fsp3) is 0.192. The normalized spacial score (nSPS) is 10.8. The molecule has 0 saturated heterocycles. The van der Waals surface area contributed by atoms with Crippen molar-refractivity contribution in [2.45, 2.75) is 34.1 Å². The van der Waals surface area contributed by atoms with Gasteiger partial charge in [-0.2, -0.15) is 0 Å². The Morgan fingerprint density at radius 2 is 1.82 bits per heavy atom. The lowest BCUT2D eigenvalue weighted by atomic mass is 10.1. The molecule has 0 unspecified atom stereocenters. The summed E-state index contributed by atoms with van der Waals surface area (Å²) in [5, 5.41) is 2.66. The Hall–Kier alpha value is -4.13. The molecule has 0 atom stereocenters. The number of anilines is 3. The Labute approximate surface area is 192 Å². The van der Waals surface area contributed by atoms with E-state index in [1.807, 2.05) is 49.4 Å². The van der Waals surface area contributed by atoms with Gasteiger partial charge in [-0.3, -0.25) is 19.5 Å². The zero-order valence-electron chi connectivity index (χ0n) is 19.1. The minimum Gasteiger partial charge on any atom is -0.311 e. The third-order valence-corrected chi connectivity index (χ3v) is 5.35. The molecule has 0 saturated carbocycles. The Balaban J connectivity index is 1.86. The number of benzene rings is 1. The van der Waals surface area contributed by atoms with Crippen LogP contribution in [0.25, 0.3) is 22.3 Å². The molecule has 0 bridgehead atoms. The number of aromatic nitrogens is 3. The van der Waals surface area contributed by atoms with Gasteiger partial charge in [0, 0.05) is 37.5 Å². The molecule has 0 aliphatic carbocycles. The van der Waals surface area contributed by atoms with Crippen molar-refractivity contribution in [2.24, 2.45) is 0 Å². The van der Waals surface area contributed by atoms with E-state index in [0.29, 0.717) is 28.2 Å². The highest BCUT2D eigenvalue weighted by Gasteiger charge is 2.21. The van der Waals surface area contributed by atoms with Crippen LogP contribution in [0.2, 0.25) is 0 Å². The first-order valence-electron chi connectivity index (χ1n) is 10.8. The lowest BCUT2D eigenvalue weighted by molar-refractivity contribution is -0.116. The predicted molar refractivity (Wildman–Crippen MR) is 130 cm³/mol. The molecule has 2 amide bonds. The van der Waals surface area contributed by atoms with Gasteiger partial charge in [0.05, 0.1) is 16.9 Å². The van der Waals surface area contributed by atoms with Crippen LogP contribution in [0.4, 0.5) is 17.2 Å². The van der Waals surface area contributed by atoms with Crippen LogP contribution in [0, 0.1) is 6.92 Å². The van der Waals surface area contributed by atoms with Crippen molar-refractivity contribution >= 4 is 40.0 Å². The summed E-state index contributed by atoms with van der Waals surface area (Å²) in [6, 6.07) is 15.3. The quantitative estimate of drug-likeness (QED) is 0.461. The molecule has 33 heavy (non-hydrogen) atoms. The SMILES string of the molecule is CCc1cccc(N(C(C)=O)c2c(C)cnc3ccc(-c4ccc(NC(C)=O)nc4)nc23)c1. The number of carbonyl (C=O) groups excluding carboxylic acids is 2. The number of hydrogen-bond donors (Lipinski definition) is 1. The van der Waals surface area contributed by atoms with Gasteiger partial charge < -0.3 is 5.32 Å². The Kier molecular flexibility index (Phi) is 6.13. The number of nitrogens with zero attached hydrogens (tertiary/aromatic N) is 4. The van der Waals surface area contributed by atoms with Crippen molar-refractivity contribution in [3.05, 3.63) is 72.1 Å². The van der Waals surface area contributed by atoms with Gasteiger partial charge in [0.15, 0.2) is 0 Å². The summed E-state index contributed by atoms with van der Waals surface area (Å²) in [7, 11) is 0. The molecule has 1 N–H and O–H groups in total. The minimum atomic E-state index is -0.179. The highest BCUT2D eigenvalue weighted by molar-refractivity contribution is 6.07. The van der Waals surface area contributed by atoms with Crippen LogP contribution in [-0.4, -0.2) is 26.8 Å². The molecule has 0 radical (unpaired) electrons. The van der Waals surface area contributed by atoms with Crippen molar-refractivity contribution in [3.8, 4) is 11.3 Å². The first-order valence-corrected chi connectivity index (χ1v) is 10.8. The molecule has 0 spiro atoms. The Morgan fingerprint density at radius 1 is 1.00 bits per heavy atom. The van der Waals surface area contributed by atoms with Gasteiger partial charge >= 0.3 is 0 Å². The number of fused-ring (bicyclic) bond motifs is 1. The number of pyridine rings is 3. The average molecular weight is 440 g/mol. The van der Waals surface area contributed by atoms with Crippen molar-refractivity contribution in [2.75, 3.05) is 10.2 Å². The molecule has 7 heteroatoms. The van der Waals surface area contributed by atoms with Crippen LogP contribution in [-0.2, 0) is 16.0 Å². The topological polar surface area (TPSA) is 88.1 Å². The third-order valence-electron chi connectivity index (χ3n) is 5.35. The van der Waals surface area contributed by atoms with Crippen LogP contribution in [0.5, 0.6) is 0 Å². The van der Waals surface area contributed by atoms with Gasteiger partial charge in [-0.1, -0.05) is 19.1 Å². The lowest BCUT2D eigenvalue weighted by Gasteiger charge is -2.25. The van der Waals surface area contributed by atoms with E-state index >= 15 is 0 Å². The second-order valence-electron chi connectivity index (χ2n) is 7.85. The summed E-state index contributed by atoms with van der Waals surface area (Å²) in [4.78, 5) is 39.5. The first kappa shape index (κ1) is 22.1. The monoisotopic (exact) mass is 439 g/mol. The van der Waals surface area contributed by atoms with Crippen molar-refractivity contribution in [3.63, 3.8) is 0 Å². The summed E-state index contributed by atoms with van der Waals surface area (Å²) in [5.74, 6) is 0.193. The van der Waals surface area contributed by atoms with E-state index in [1.165, 1.54) is 6.92 Å². The summed E-state index contributed by atoms with van der Waals surface area (Å²) in [6.45, 7) is 7.01. The summed E-state index contributed by atoms with van der Waals surface area (Å²) in [6.07, 6.45) is 4.30. The molecule has 4 aromatic rings. The first-order chi connectivity index (χ1) is 15.9. The van der Waals surface area contributed by atoms with E-state index in [2.05, 4.69) is 22.2 Å². The molecular formula is C26H25N5O2. The molecule has 0 aliphatic heterocycles. The lowest BCUT2D eigenvalue weighted by Crippen LogP contribution is -2.24. The van der Waals surface area contributed by atoms with E-state index in [0.717, 1.165) is 28.8 Å². The number of hydrogen-bond acceptors (Lipinski definition) is 5. The molecule has 1 aromatic carbocycles. The number of carbonyl (C=O) groups is 2. The van der Waals surface area contributed by atoms with E-state index in [4.69, 9.17) is 4.98 Å². The molecule has 3 aromatic heterocycles. The molecule has 3 heterocycles. The van der Waals surface area contributed by atoms with E-state index in [1.54, 1.807) is 30.3 Å². The van der Waals surface area contributed by atoms with Gasteiger partial charge in [0.25, 0.3) is 0 Å². The number of nitrogens with one attached hydrogen (secondary N) is 1. The van der Waals surface area contributed by atoms with Gasteiger partial charge in [-0.15, -0.1) is 0 Å². The molecule has 4 rings (SSSR count). The van der Waals surface area contributed by atoms with Gasteiger partial charge in [0.1, 0.15) is 11.3 Å². The van der Waals surface area contributed by atoms with Crippen LogP contribution < -0.4 is 10.2 Å². The standard InChI is InChI=1S/C26H25N5O2/c1-5-19-7-6-8-21(13-19)31(18(4)33)26-16(2)14-27-23-11-10-22(30-25(23)26)20-9-12-24(28-15-20)29-17(3)32/h6-15H,5H2,1-4H3,(H,28,29,32). The maximum absolute atomic E-state index is 12.9. The van der Waals surface area contributed by atoms with Crippen molar-refractivity contribution in [1.82, 2.24) is 15.0 Å². The van der Waals surface area contributed by atoms with E-state index < -0.39 is 0 Å². The Bertz CT molecular complexity index is 1350. The second kappa shape index (κ2) is 9.16. The minimum absolute atomic E-state index is 0.104. The van der Waals surface area contributed by atoms with Gasteiger partial charge in [0.2, 0.25) is 11.8 Å². The van der Waals surface area contributed by atoms with Crippen molar-refractivity contribution < 1.29 is 9.59 Å². The Morgan fingerprint density at radius 3 is 2.48 bits per heavy atom. The summed E-state index contributed by atoms with van der Waals surface area (Å²) < 4.78 is 0. The molecule has 0 fully saturated rings. The van der Waals surface area contributed by atoms with Crippen LogP contribution in [0.1, 0.15) is 31.9 Å². The smallest absolute Gasteiger partial charge is 0.228 e.